The van der Waals surface area contributed by atoms with Crippen LogP contribution in [0.4, 0.5) is 0 Å². The summed E-state index contributed by atoms with van der Waals surface area (Å²) in [5.74, 6) is 0.970. The zero-order valence-electron chi connectivity index (χ0n) is 19.0. The summed E-state index contributed by atoms with van der Waals surface area (Å²) in [6, 6.07) is 12.1. The predicted molar refractivity (Wildman–Crippen MR) is 139 cm³/mol. The smallest absolute Gasteiger partial charge is 0.191 e. The Morgan fingerprint density at radius 3 is 2.50 bits per heavy atom. The number of unbranched alkanes of at least 4 members (excludes halogenated alkanes) is 1. The van der Waals surface area contributed by atoms with E-state index in [1.807, 2.05) is 7.05 Å². The third-order valence-electron chi connectivity index (χ3n) is 6.51. The molecule has 1 unspecified atom stereocenters. The van der Waals surface area contributed by atoms with Crippen LogP contribution in [-0.4, -0.2) is 67.6 Å². The lowest BCUT2D eigenvalue weighted by atomic mass is 10.0. The molecule has 0 amide bonds. The minimum Gasteiger partial charge on any atom is -0.356 e. The molecule has 0 bridgehead atoms. The first-order valence-corrected chi connectivity index (χ1v) is 11.7. The van der Waals surface area contributed by atoms with Gasteiger partial charge in [0.05, 0.1) is 0 Å². The molecule has 0 aliphatic carbocycles. The van der Waals surface area contributed by atoms with E-state index in [0.29, 0.717) is 6.04 Å². The van der Waals surface area contributed by atoms with Crippen molar-refractivity contribution in [1.82, 2.24) is 20.4 Å². The van der Waals surface area contributed by atoms with Gasteiger partial charge < -0.3 is 15.5 Å². The molecule has 6 heteroatoms. The second-order valence-electron chi connectivity index (χ2n) is 8.77. The van der Waals surface area contributed by atoms with Gasteiger partial charge >= 0.3 is 0 Å². The lowest BCUT2D eigenvalue weighted by Gasteiger charge is -2.33. The highest BCUT2D eigenvalue weighted by atomic mass is 127. The normalized spacial score (nSPS) is 21.8. The van der Waals surface area contributed by atoms with E-state index in [1.165, 1.54) is 63.6 Å². The number of nitrogens with zero attached hydrogens (tertiary/aromatic N) is 3. The van der Waals surface area contributed by atoms with Gasteiger partial charge in [-0.1, -0.05) is 36.8 Å². The van der Waals surface area contributed by atoms with Gasteiger partial charge in [0.15, 0.2) is 5.96 Å². The van der Waals surface area contributed by atoms with E-state index in [2.05, 4.69) is 62.7 Å². The molecule has 2 aliphatic rings. The molecular weight excluding hydrogens is 485 g/mol. The van der Waals surface area contributed by atoms with Gasteiger partial charge in [0, 0.05) is 45.3 Å². The average molecular weight is 528 g/mol. The van der Waals surface area contributed by atoms with Crippen molar-refractivity contribution in [2.45, 2.75) is 70.5 Å². The van der Waals surface area contributed by atoms with E-state index in [9.17, 15) is 0 Å². The van der Waals surface area contributed by atoms with Crippen molar-refractivity contribution in [2.24, 2.45) is 4.99 Å². The summed E-state index contributed by atoms with van der Waals surface area (Å²) in [7, 11) is 1.88. The Labute approximate surface area is 201 Å². The molecule has 1 aromatic carbocycles. The number of hydrogen-bond acceptors (Lipinski definition) is 3. The number of guanidine groups is 1. The first-order chi connectivity index (χ1) is 14.2. The molecule has 0 aromatic heterocycles. The first-order valence-electron chi connectivity index (χ1n) is 11.7. The molecule has 170 valence electrons. The minimum absolute atomic E-state index is 0. The second-order valence-corrected chi connectivity index (χ2v) is 8.77. The summed E-state index contributed by atoms with van der Waals surface area (Å²) < 4.78 is 0. The predicted octanol–water partition coefficient (Wildman–Crippen LogP) is 4.09. The molecular formula is C24H42IN5. The fourth-order valence-corrected chi connectivity index (χ4v) is 4.60. The molecule has 0 spiro atoms. The van der Waals surface area contributed by atoms with E-state index in [-0.39, 0.29) is 24.0 Å². The standard InChI is InChI=1S/C24H41N5.HI/c1-21-10-6-8-16-29(21)17-9-7-15-26-24(25-2)27-23-13-18-28(19-14-23)20-22-11-4-3-5-12-22;/h3-5,11-12,21,23H,6-10,13-20H2,1-2H3,(H2,25,26,27);1H. The van der Waals surface area contributed by atoms with Crippen LogP contribution in [0.3, 0.4) is 0 Å². The Morgan fingerprint density at radius 2 is 1.80 bits per heavy atom. The van der Waals surface area contributed by atoms with E-state index >= 15 is 0 Å². The van der Waals surface area contributed by atoms with Crippen molar-refractivity contribution in [3.8, 4) is 0 Å². The largest absolute Gasteiger partial charge is 0.356 e. The quantitative estimate of drug-likeness (QED) is 0.232. The molecule has 1 atom stereocenters. The van der Waals surface area contributed by atoms with Crippen molar-refractivity contribution in [3.63, 3.8) is 0 Å². The molecule has 30 heavy (non-hydrogen) atoms. The molecule has 5 nitrogen and oxygen atoms in total. The Balaban J connectivity index is 0.00000320. The zero-order valence-corrected chi connectivity index (χ0v) is 21.3. The maximum atomic E-state index is 4.44. The maximum Gasteiger partial charge on any atom is 0.191 e. The highest BCUT2D eigenvalue weighted by molar-refractivity contribution is 14.0. The molecule has 2 aliphatic heterocycles. The average Bonchev–Trinajstić information content (AvgIpc) is 2.76. The molecule has 0 saturated carbocycles. The summed E-state index contributed by atoms with van der Waals surface area (Å²) in [6.45, 7) is 9.30. The molecule has 0 radical (unpaired) electrons. The van der Waals surface area contributed by atoms with E-state index < -0.39 is 0 Å². The van der Waals surface area contributed by atoms with Crippen molar-refractivity contribution >= 4 is 29.9 Å². The highest BCUT2D eigenvalue weighted by Crippen LogP contribution is 2.16. The minimum atomic E-state index is 0. The van der Waals surface area contributed by atoms with Gasteiger partial charge in [0.25, 0.3) is 0 Å². The van der Waals surface area contributed by atoms with Crippen LogP contribution in [0.15, 0.2) is 35.3 Å². The number of rotatable bonds is 8. The number of benzene rings is 1. The lowest BCUT2D eigenvalue weighted by Crippen LogP contribution is -2.48. The van der Waals surface area contributed by atoms with Crippen molar-refractivity contribution in [1.29, 1.82) is 0 Å². The number of nitrogens with one attached hydrogen (secondary N) is 2. The van der Waals surface area contributed by atoms with Crippen LogP contribution in [0.1, 0.15) is 57.4 Å². The second kappa shape index (κ2) is 14.2. The van der Waals surface area contributed by atoms with Crippen molar-refractivity contribution in [2.75, 3.05) is 39.8 Å². The zero-order chi connectivity index (χ0) is 20.3. The summed E-state index contributed by atoms with van der Waals surface area (Å²) in [5.41, 5.74) is 1.41. The lowest BCUT2D eigenvalue weighted by molar-refractivity contribution is 0.158. The van der Waals surface area contributed by atoms with Crippen LogP contribution >= 0.6 is 24.0 Å². The number of likely N-dealkylation sites (tertiary alicyclic amines) is 2. The summed E-state index contributed by atoms with van der Waals surface area (Å²) in [4.78, 5) is 9.67. The SMILES string of the molecule is CN=C(NCCCCN1CCCCC1C)NC1CCN(Cc2ccccc2)CC1.I. The number of hydrogen-bond donors (Lipinski definition) is 2. The number of halogens is 1. The Morgan fingerprint density at radius 1 is 1.03 bits per heavy atom. The van der Waals surface area contributed by atoms with Gasteiger partial charge in [0.2, 0.25) is 0 Å². The molecule has 2 N–H and O–H groups in total. The Kier molecular flexibility index (Phi) is 12.1. The van der Waals surface area contributed by atoms with Crippen LogP contribution in [0.2, 0.25) is 0 Å². The van der Waals surface area contributed by atoms with Gasteiger partial charge in [-0.15, -0.1) is 24.0 Å². The topological polar surface area (TPSA) is 42.9 Å². The summed E-state index contributed by atoms with van der Waals surface area (Å²) >= 11 is 0. The highest BCUT2D eigenvalue weighted by Gasteiger charge is 2.20. The van der Waals surface area contributed by atoms with Crippen molar-refractivity contribution in [3.05, 3.63) is 35.9 Å². The molecule has 2 saturated heterocycles. The first kappa shape index (κ1) is 25.4. The van der Waals surface area contributed by atoms with Gasteiger partial charge in [-0.3, -0.25) is 9.89 Å². The summed E-state index contributed by atoms with van der Waals surface area (Å²) in [5, 5.41) is 7.16. The third-order valence-corrected chi connectivity index (χ3v) is 6.51. The van der Waals surface area contributed by atoms with Crippen LogP contribution in [0.5, 0.6) is 0 Å². The molecule has 2 fully saturated rings. The van der Waals surface area contributed by atoms with Gasteiger partial charge in [-0.25, -0.2) is 0 Å². The number of piperidine rings is 2. The fraction of sp³-hybridized carbons (Fsp3) is 0.708. The Bertz CT molecular complexity index is 601. The fourth-order valence-electron chi connectivity index (χ4n) is 4.60. The van der Waals surface area contributed by atoms with E-state index in [0.717, 1.165) is 38.2 Å². The van der Waals surface area contributed by atoms with Crippen LogP contribution in [0.25, 0.3) is 0 Å². The molecule has 1 aromatic rings. The van der Waals surface area contributed by atoms with Gasteiger partial charge in [-0.05, 0) is 64.1 Å². The van der Waals surface area contributed by atoms with Crippen molar-refractivity contribution < 1.29 is 0 Å². The third kappa shape index (κ3) is 8.71. The van der Waals surface area contributed by atoms with Gasteiger partial charge in [-0.2, -0.15) is 0 Å². The molecule has 2 heterocycles. The maximum absolute atomic E-state index is 4.44. The monoisotopic (exact) mass is 527 g/mol. The molecule has 3 rings (SSSR count). The van der Waals surface area contributed by atoms with Gasteiger partial charge in [0.1, 0.15) is 0 Å². The van der Waals surface area contributed by atoms with Crippen LogP contribution < -0.4 is 10.6 Å². The number of aliphatic imine (C=N–C) groups is 1. The van der Waals surface area contributed by atoms with E-state index in [1.54, 1.807) is 0 Å². The van der Waals surface area contributed by atoms with Crippen LogP contribution in [-0.2, 0) is 6.54 Å². The van der Waals surface area contributed by atoms with E-state index in [4.69, 9.17) is 0 Å². The summed E-state index contributed by atoms with van der Waals surface area (Å²) in [6.07, 6.45) is 9.00. The van der Waals surface area contributed by atoms with Crippen LogP contribution in [0, 0.1) is 0 Å². The Hall–Kier alpha value is -0.860.